The largest absolute Gasteiger partial charge is 0.465 e. The maximum absolute atomic E-state index is 12.7. The molecule has 1 aromatic rings. The summed E-state index contributed by atoms with van der Waals surface area (Å²) in [6.07, 6.45) is 2.03. The monoisotopic (exact) mass is 307 g/mol. The van der Waals surface area contributed by atoms with Gasteiger partial charge < -0.3 is 9.31 Å². The van der Waals surface area contributed by atoms with E-state index in [0.717, 1.165) is 5.22 Å². The maximum atomic E-state index is 12.7. The first-order chi connectivity index (χ1) is 10.2. The fourth-order valence-electron chi connectivity index (χ4n) is 2.73. The fourth-order valence-corrected chi connectivity index (χ4v) is 2.73. The Bertz CT molecular complexity index is 687. The number of rotatable bonds is 2. The van der Waals surface area contributed by atoms with Gasteiger partial charge in [0.25, 0.3) is 6.43 Å². The van der Waals surface area contributed by atoms with Crippen LogP contribution in [-0.2, 0) is 9.31 Å². The molecule has 1 saturated heterocycles. The average Bonchev–Trinajstić information content (AvgIpc) is 2.66. The van der Waals surface area contributed by atoms with Crippen molar-refractivity contribution >= 4 is 19.3 Å². The van der Waals surface area contributed by atoms with Crippen molar-refractivity contribution < 1.29 is 18.1 Å². The lowest BCUT2D eigenvalue weighted by Crippen LogP contribution is -2.41. The van der Waals surface area contributed by atoms with E-state index in [-0.39, 0.29) is 29.8 Å². The van der Waals surface area contributed by atoms with Crippen LogP contribution in [0.2, 0.25) is 5.82 Å². The standard InChI is InChI=1S/C16H20BF2NO2/c1-15(2)16(3,4)22-17(21-15)11-6-8-12-10(9-11)5-7-13(20-12)14(18)19/h5,7-9,11,14H,6H2,1-4H3. The maximum Gasteiger partial charge on any atom is 0.465 e. The van der Waals surface area contributed by atoms with Crippen LogP contribution in [-0.4, -0.2) is 23.3 Å². The normalized spacial score (nSPS) is 25.6. The van der Waals surface area contributed by atoms with E-state index in [1.54, 1.807) is 6.07 Å². The average molecular weight is 307 g/mol. The minimum atomic E-state index is -2.54. The highest BCUT2D eigenvalue weighted by Gasteiger charge is 2.53. The third kappa shape index (κ3) is 2.59. The number of halogens is 2. The molecule has 1 aromatic heterocycles. The van der Waals surface area contributed by atoms with Crippen molar-refractivity contribution in [1.82, 2.24) is 4.98 Å². The van der Waals surface area contributed by atoms with Gasteiger partial charge in [0.2, 0.25) is 0 Å². The van der Waals surface area contributed by atoms with Gasteiger partial charge in [0.05, 0.1) is 16.6 Å². The zero-order valence-corrected chi connectivity index (χ0v) is 13.3. The van der Waals surface area contributed by atoms with Crippen LogP contribution in [0.25, 0.3) is 12.2 Å². The van der Waals surface area contributed by atoms with E-state index >= 15 is 0 Å². The van der Waals surface area contributed by atoms with E-state index in [0.29, 0.717) is 11.8 Å². The molecule has 0 bridgehead atoms. The fraction of sp³-hybridized carbons (Fsp3) is 0.562. The molecule has 2 heterocycles. The predicted octanol–water partition coefficient (Wildman–Crippen LogP) is 2.45. The second kappa shape index (κ2) is 5.13. The van der Waals surface area contributed by atoms with Gasteiger partial charge in [-0.3, -0.25) is 0 Å². The SMILES string of the molecule is CC1(C)OB(C2C=c3ccc(C(F)F)nc3=CC2)OC1(C)C. The molecular formula is C16H20BF2NO2. The molecule has 22 heavy (non-hydrogen) atoms. The summed E-state index contributed by atoms with van der Waals surface area (Å²) in [4.78, 5) is 4.01. The third-order valence-electron chi connectivity index (χ3n) is 4.80. The summed E-state index contributed by atoms with van der Waals surface area (Å²) in [6.45, 7) is 8.07. The number of nitrogens with zero attached hydrogens (tertiary/aromatic N) is 1. The van der Waals surface area contributed by atoms with Crippen molar-refractivity contribution in [2.45, 2.75) is 57.6 Å². The zero-order valence-electron chi connectivity index (χ0n) is 13.3. The quantitative estimate of drug-likeness (QED) is 0.787. The molecule has 1 unspecified atom stereocenters. The van der Waals surface area contributed by atoms with Crippen molar-refractivity contribution in [3.8, 4) is 0 Å². The number of aromatic nitrogens is 1. The van der Waals surface area contributed by atoms with Crippen LogP contribution >= 0.6 is 0 Å². The summed E-state index contributed by atoms with van der Waals surface area (Å²) >= 11 is 0. The van der Waals surface area contributed by atoms with Crippen molar-refractivity contribution in [2.75, 3.05) is 0 Å². The predicted molar refractivity (Wildman–Crippen MR) is 81.8 cm³/mol. The summed E-state index contributed by atoms with van der Waals surface area (Å²) in [6, 6.07) is 3.07. The number of hydrogen-bond donors (Lipinski definition) is 0. The van der Waals surface area contributed by atoms with Gasteiger partial charge in [-0.1, -0.05) is 18.2 Å². The van der Waals surface area contributed by atoms with E-state index in [4.69, 9.17) is 9.31 Å². The Hall–Kier alpha value is -1.27. The summed E-state index contributed by atoms with van der Waals surface area (Å²) in [5, 5.41) is 1.47. The molecule has 6 heteroatoms. The highest BCUT2D eigenvalue weighted by Crippen LogP contribution is 2.41. The number of hydrogen-bond acceptors (Lipinski definition) is 3. The molecule has 1 atom stereocenters. The van der Waals surface area contributed by atoms with E-state index in [2.05, 4.69) is 4.98 Å². The lowest BCUT2D eigenvalue weighted by molar-refractivity contribution is 0.00578. The molecule has 1 aliphatic heterocycles. The molecule has 0 aromatic carbocycles. The van der Waals surface area contributed by atoms with E-state index in [9.17, 15) is 8.78 Å². The Morgan fingerprint density at radius 2 is 1.82 bits per heavy atom. The second-order valence-corrected chi connectivity index (χ2v) is 6.91. The lowest BCUT2D eigenvalue weighted by atomic mass is 9.68. The van der Waals surface area contributed by atoms with Crippen LogP contribution in [0.3, 0.4) is 0 Å². The van der Waals surface area contributed by atoms with Crippen LogP contribution in [0.4, 0.5) is 8.78 Å². The lowest BCUT2D eigenvalue weighted by Gasteiger charge is -2.32. The minimum Gasteiger partial charge on any atom is -0.403 e. The van der Waals surface area contributed by atoms with Gasteiger partial charge in [0.15, 0.2) is 0 Å². The Morgan fingerprint density at radius 1 is 1.18 bits per heavy atom. The van der Waals surface area contributed by atoms with Gasteiger partial charge in [-0.2, -0.15) is 0 Å². The molecule has 1 fully saturated rings. The molecule has 3 nitrogen and oxygen atoms in total. The smallest absolute Gasteiger partial charge is 0.403 e. The first kappa shape index (κ1) is 15.6. The molecule has 1 aliphatic carbocycles. The Balaban J connectivity index is 1.88. The second-order valence-electron chi connectivity index (χ2n) is 6.91. The van der Waals surface area contributed by atoms with Crippen LogP contribution in [0, 0.1) is 0 Å². The van der Waals surface area contributed by atoms with Crippen molar-refractivity contribution in [3.05, 3.63) is 28.4 Å². The molecule has 0 amide bonds. The molecule has 118 valence electrons. The summed E-state index contributed by atoms with van der Waals surface area (Å²) in [5.74, 6) is 0.0627. The van der Waals surface area contributed by atoms with Crippen molar-refractivity contribution in [1.29, 1.82) is 0 Å². The first-order valence-corrected chi connectivity index (χ1v) is 7.52. The van der Waals surface area contributed by atoms with E-state index < -0.39 is 6.43 Å². The summed E-state index contributed by atoms with van der Waals surface area (Å²) in [7, 11) is -0.329. The molecule has 3 rings (SSSR count). The molecule has 0 N–H and O–H groups in total. The molecular weight excluding hydrogens is 287 g/mol. The molecule has 0 radical (unpaired) electrons. The zero-order chi connectivity index (χ0) is 16.1. The summed E-state index contributed by atoms with van der Waals surface area (Å²) in [5.41, 5.74) is -0.926. The van der Waals surface area contributed by atoms with Crippen LogP contribution in [0.5, 0.6) is 0 Å². The molecule has 0 spiro atoms. The molecule has 0 saturated carbocycles. The van der Waals surface area contributed by atoms with Crippen LogP contribution < -0.4 is 10.6 Å². The van der Waals surface area contributed by atoms with E-state index in [1.807, 2.05) is 39.8 Å². The van der Waals surface area contributed by atoms with Crippen molar-refractivity contribution in [3.63, 3.8) is 0 Å². The van der Waals surface area contributed by atoms with Crippen molar-refractivity contribution in [2.24, 2.45) is 0 Å². The van der Waals surface area contributed by atoms with Gasteiger partial charge >= 0.3 is 7.12 Å². The number of pyridine rings is 1. The van der Waals surface area contributed by atoms with Gasteiger partial charge in [-0.15, -0.1) is 0 Å². The Kier molecular flexibility index (Phi) is 3.65. The van der Waals surface area contributed by atoms with Gasteiger partial charge in [0.1, 0.15) is 5.69 Å². The Morgan fingerprint density at radius 3 is 2.41 bits per heavy atom. The first-order valence-electron chi connectivity index (χ1n) is 7.52. The topological polar surface area (TPSA) is 31.4 Å². The number of alkyl halides is 2. The van der Waals surface area contributed by atoms with Gasteiger partial charge in [0, 0.05) is 5.82 Å². The van der Waals surface area contributed by atoms with Gasteiger partial charge in [-0.25, -0.2) is 13.8 Å². The summed E-state index contributed by atoms with van der Waals surface area (Å²) < 4.78 is 37.5. The number of fused-ring (bicyclic) bond motifs is 1. The van der Waals surface area contributed by atoms with E-state index in [1.165, 1.54) is 6.07 Å². The third-order valence-corrected chi connectivity index (χ3v) is 4.80. The highest BCUT2D eigenvalue weighted by atomic mass is 19.3. The Labute approximate surface area is 129 Å². The van der Waals surface area contributed by atoms with Gasteiger partial charge in [-0.05, 0) is 45.4 Å². The highest BCUT2D eigenvalue weighted by molar-refractivity contribution is 6.49. The molecule has 2 aliphatic rings. The minimum absolute atomic E-state index is 0.0627. The van der Waals surface area contributed by atoms with Crippen LogP contribution in [0.15, 0.2) is 12.1 Å². The van der Waals surface area contributed by atoms with Crippen LogP contribution in [0.1, 0.15) is 46.2 Å².